The quantitative estimate of drug-likeness (QED) is 0.287. The second-order valence-corrected chi connectivity index (χ2v) is 16.8. The number of hydrogen-bond donors (Lipinski definition) is 1. The first-order chi connectivity index (χ1) is 25.2. The molecule has 3 aliphatic heterocycles. The lowest BCUT2D eigenvalue weighted by Gasteiger charge is -2.37. The molecule has 2 aromatic rings. The Morgan fingerprint density at radius 1 is 0.981 bits per heavy atom. The van der Waals surface area contributed by atoms with E-state index in [1.54, 1.807) is 41.3 Å². The number of carbonyl (C=O) groups is 2. The number of esters is 1. The molecule has 5 atom stereocenters. The van der Waals surface area contributed by atoms with Crippen LogP contribution in [-0.2, 0) is 24.3 Å². The molecule has 290 valence electrons. The molecule has 0 radical (unpaired) electrons. The number of cyclic esters (lactones) is 1. The summed E-state index contributed by atoms with van der Waals surface area (Å²) in [5.41, 5.74) is 1.92. The molecule has 2 saturated heterocycles. The maximum atomic E-state index is 15.2. The van der Waals surface area contributed by atoms with Crippen molar-refractivity contribution >= 4 is 33.8 Å². The standard InChI is InChI=1S/C40H55FN4O7S/c1-28-11-13-35(46)27-38(47)52-39(29(2)12-14-37(28)51-40(48)44-21-19-42(4)20-22-44)30(3)23-31-24-32(41)26-34(25-31)43(5)33-15-17-45(18-16-33)53(49,50)36-9-7-6-8-10-36/h6-10,12,14,23-26,28-29,33,35,37,39,46H,11,13,15-22,27H2,1-5H3/b14-12-,30-23+/t28-,29-,35+,37-,39-/m0/s1. The highest BCUT2D eigenvalue weighted by atomic mass is 32.2. The van der Waals surface area contributed by atoms with Gasteiger partial charge in [0, 0.05) is 64.0 Å². The predicted molar refractivity (Wildman–Crippen MR) is 203 cm³/mol. The zero-order chi connectivity index (χ0) is 38.3. The summed E-state index contributed by atoms with van der Waals surface area (Å²) in [5, 5.41) is 10.7. The molecule has 0 spiro atoms. The minimum atomic E-state index is -3.59. The monoisotopic (exact) mass is 754 g/mol. The van der Waals surface area contributed by atoms with Crippen LogP contribution in [0.1, 0.15) is 58.4 Å². The number of rotatable bonds is 7. The van der Waals surface area contributed by atoms with Gasteiger partial charge in [0.2, 0.25) is 10.0 Å². The number of ether oxygens (including phenoxy) is 2. The van der Waals surface area contributed by atoms with Crippen LogP contribution in [0, 0.1) is 17.7 Å². The third kappa shape index (κ3) is 10.7. The van der Waals surface area contributed by atoms with Crippen LogP contribution in [0.25, 0.3) is 6.08 Å². The molecule has 1 amide bonds. The number of benzene rings is 2. The molecule has 2 fully saturated rings. The molecule has 13 heteroatoms. The first-order valence-corrected chi connectivity index (χ1v) is 20.1. The number of piperidine rings is 1. The van der Waals surface area contributed by atoms with Crippen molar-refractivity contribution in [3.63, 3.8) is 0 Å². The van der Waals surface area contributed by atoms with E-state index in [0.29, 0.717) is 68.7 Å². The average Bonchev–Trinajstić information content (AvgIpc) is 3.14. The van der Waals surface area contributed by atoms with Gasteiger partial charge in [-0.05, 0) is 93.1 Å². The zero-order valence-electron chi connectivity index (χ0n) is 31.6. The first-order valence-electron chi connectivity index (χ1n) is 18.7. The van der Waals surface area contributed by atoms with Crippen LogP contribution >= 0.6 is 0 Å². The Labute approximate surface area is 314 Å². The molecule has 53 heavy (non-hydrogen) atoms. The van der Waals surface area contributed by atoms with Crippen molar-refractivity contribution in [2.24, 2.45) is 11.8 Å². The molecule has 0 unspecified atom stereocenters. The third-order valence-corrected chi connectivity index (χ3v) is 12.7. The summed E-state index contributed by atoms with van der Waals surface area (Å²) in [4.78, 5) is 32.3. The largest absolute Gasteiger partial charge is 0.457 e. The second kappa shape index (κ2) is 18.0. The Morgan fingerprint density at radius 3 is 2.34 bits per heavy atom. The highest BCUT2D eigenvalue weighted by Gasteiger charge is 2.32. The van der Waals surface area contributed by atoms with Crippen LogP contribution in [0.3, 0.4) is 0 Å². The van der Waals surface area contributed by atoms with Gasteiger partial charge in [-0.15, -0.1) is 0 Å². The van der Waals surface area contributed by atoms with E-state index in [-0.39, 0.29) is 35.3 Å². The van der Waals surface area contributed by atoms with Gasteiger partial charge >= 0.3 is 12.1 Å². The lowest BCUT2D eigenvalue weighted by molar-refractivity contribution is -0.151. The molecular formula is C40H55FN4O7S. The summed E-state index contributed by atoms with van der Waals surface area (Å²) < 4.78 is 55.0. The predicted octanol–water partition coefficient (Wildman–Crippen LogP) is 5.56. The van der Waals surface area contributed by atoms with Crippen molar-refractivity contribution in [2.45, 2.75) is 82.1 Å². The van der Waals surface area contributed by atoms with Crippen molar-refractivity contribution < 1.29 is 37.0 Å². The molecule has 5 rings (SSSR count). The number of aliphatic hydroxyl groups excluding tert-OH is 1. The fraction of sp³-hybridized carbons (Fsp3) is 0.550. The third-order valence-electron chi connectivity index (χ3n) is 10.8. The van der Waals surface area contributed by atoms with Gasteiger partial charge in [-0.25, -0.2) is 17.6 Å². The Kier molecular flexibility index (Phi) is 13.7. The first kappa shape index (κ1) is 40.4. The van der Waals surface area contributed by atoms with Gasteiger partial charge in [-0.3, -0.25) is 4.79 Å². The molecule has 3 heterocycles. The van der Waals surface area contributed by atoms with Gasteiger partial charge in [-0.1, -0.05) is 44.2 Å². The molecule has 0 bridgehead atoms. The minimum Gasteiger partial charge on any atom is -0.457 e. The van der Waals surface area contributed by atoms with Crippen molar-refractivity contribution in [2.75, 3.05) is 58.3 Å². The molecule has 11 nitrogen and oxygen atoms in total. The van der Waals surface area contributed by atoms with E-state index < -0.39 is 40.1 Å². The van der Waals surface area contributed by atoms with Crippen LogP contribution in [-0.4, -0.2) is 117 Å². The number of sulfonamides is 1. The van der Waals surface area contributed by atoms with Crippen molar-refractivity contribution in [1.29, 1.82) is 0 Å². The minimum absolute atomic E-state index is 0.00138. The van der Waals surface area contributed by atoms with Crippen LogP contribution in [0.4, 0.5) is 14.9 Å². The Hall–Kier alpha value is -3.78. The van der Waals surface area contributed by atoms with E-state index in [1.165, 1.54) is 16.4 Å². The number of piperazine rings is 1. The maximum Gasteiger partial charge on any atom is 0.410 e. The van der Waals surface area contributed by atoms with Gasteiger partial charge in [0.1, 0.15) is 18.0 Å². The summed E-state index contributed by atoms with van der Waals surface area (Å²) >= 11 is 0. The van der Waals surface area contributed by atoms with Gasteiger partial charge in [-0.2, -0.15) is 4.31 Å². The fourth-order valence-electron chi connectivity index (χ4n) is 7.28. The molecule has 2 aromatic carbocycles. The number of aliphatic hydroxyl groups is 1. The molecular weight excluding hydrogens is 700 g/mol. The molecule has 0 aliphatic carbocycles. The van der Waals surface area contributed by atoms with E-state index >= 15 is 4.39 Å². The highest BCUT2D eigenvalue weighted by molar-refractivity contribution is 7.89. The number of halogens is 1. The van der Waals surface area contributed by atoms with E-state index in [2.05, 4.69) is 4.90 Å². The number of likely N-dealkylation sites (N-methyl/N-ethyl adjacent to an activating group) is 1. The Morgan fingerprint density at radius 2 is 1.66 bits per heavy atom. The summed E-state index contributed by atoms with van der Waals surface area (Å²) in [6.45, 7) is 9.16. The molecule has 3 aliphatic rings. The highest BCUT2D eigenvalue weighted by Crippen LogP contribution is 2.30. The number of nitrogens with zero attached hydrogens (tertiary/aromatic N) is 4. The number of anilines is 1. The van der Waals surface area contributed by atoms with E-state index in [0.717, 1.165) is 13.1 Å². The van der Waals surface area contributed by atoms with E-state index in [4.69, 9.17) is 9.47 Å². The molecule has 0 aromatic heterocycles. The average molecular weight is 755 g/mol. The Balaban J connectivity index is 1.31. The van der Waals surface area contributed by atoms with E-state index in [1.807, 2.05) is 58.0 Å². The normalized spacial score (nSPS) is 26.9. The summed E-state index contributed by atoms with van der Waals surface area (Å²) in [6.07, 6.45) is 4.93. The lowest BCUT2D eigenvalue weighted by Crippen LogP contribution is -2.48. The second-order valence-electron chi connectivity index (χ2n) is 14.9. The molecule has 1 N–H and O–H groups in total. The van der Waals surface area contributed by atoms with Gasteiger partial charge in [0.15, 0.2) is 0 Å². The van der Waals surface area contributed by atoms with Gasteiger partial charge in [0.25, 0.3) is 0 Å². The molecule has 0 saturated carbocycles. The number of carbonyl (C=O) groups excluding carboxylic acids is 2. The smallest absolute Gasteiger partial charge is 0.410 e. The van der Waals surface area contributed by atoms with Gasteiger partial charge in [0.05, 0.1) is 17.4 Å². The summed E-state index contributed by atoms with van der Waals surface area (Å²) in [6, 6.07) is 13.2. The lowest BCUT2D eigenvalue weighted by atomic mass is 9.91. The van der Waals surface area contributed by atoms with Crippen molar-refractivity contribution in [3.05, 3.63) is 77.6 Å². The topological polar surface area (TPSA) is 120 Å². The zero-order valence-corrected chi connectivity index (χ0v) is 32.4. The number of amides is 1. The van der Waals surface area contributed by atoms with E-state index in [9.17, 15) is 23.1 Å². The fourth-order valence-corrected chi connectivity index (χ4v) is 8.77. The van der Waals surface area contributed by atoms with Crippen LogP contribution in [0.5, 0.6) is 0 Å². The Bertz CT molecular complexity index is 1720. The summed E-state index contributed by atoms with van der Waals surface area (Å²) in [5.74, 6) is -1.39. The summed E-state index contributed by atoms with van der Waals surface area (Å²) in [7, 11) is 0.324. The number of hydrogen-bond acceptors (Lipinski definition) is 9. The van der Waals surface area contributed by atoms with Crippen LogP contribution in [0.2, 0.25) is 0 Å². The van der Waals surface area contributed by atoms with Gasteiger partial charge < -0.3 is 29.3 Å². The SMILES string of the molecule is C/C(=C\c1cc(F)cc(N(C)C2CCN(S(=O)(=O)c3ccccc3)CC2)c1)[C@H]1OC(=O)C[C@H](O)CC[C@H](C)[C@@H](OC(=O)N2CCN(C)CC2)/C=C\[C@@H]1C. The van der Waals surface area contributed by atoms with Crippen molar-refractivity contribution in [1.82, 2.24) is 14.1 Å². The van der Waals surface area contributed by atoms with Crippen LogP contribution < -0.4 is 4.90 Å². The van der Waals surface area contributed by atoms with Crippen LogP contribution in [0.15, 0.2) is 71.2 Å². The maximum absolute atomic E-state index is 15.2. The van der Waals surface area contributed by atoms with Crippen molar-refractivity contribution in [3.8, 4) is 0 Å².